The maximum Gasteiger partial charge on any atom is 0.329 e. The van der Waals surface area contributed by atoms with Crippen LogP contribution in [0.2, 0.25) is 0 Å². The fraction of sp³-hybridized carbons (Fsp3) is 0.846. The van der Waals surface area contributed by atoms with Crippen molar-refractivity contribution in [1.29, 1.82) is 0 Å². The van der Waals surface area contributed by atoms with Gasteiger partial charge < -0.3 is 15.2 Å². The van der Waals surface area contributed by atoms with Crippen molar-refractivity contribution in [3.05, 3.63) is 0 Å². The molecule has 1 amide bonds. The van der Waals surface area contributed by atoms with Crippen LogP contribution in [0.3, 0.4) is 0 Å². The van der Waals surface area contributed by atoms with Gasteiger partial charge in [0.2, 0.25) is 5.91 Å². The van der Waals surface area contributed by atoms with Crippen molar-refractivity contribution >= 4 is 11.9 Å². The standard InChI is InChI=1S/C13H23NO4/c1-18-10-6-3-7-11(15)14-13(12(16)17)8-4-2-5-9-13/h2-10H2,1H3,(H,14,15)(H,16,17). The molecule has 1 aliphatic rings. The number of carboxylic acids is 1. The molecule has 0 aliphatic heterocycles. The van der Waals surface area contributed by atoms with E-state index in [0.29, 0.717) is 25.9 Å². The molecule has 1 rings (SSSR count). The molecule has 104 valence electrons. The first-order valence-electron chi connectivity index (χ1n) is 6.64. The van der Waals surface area contributed by atoms with Crippen LogP contribution < -0.4 is 5.32 Å². The average molecular weight is 257 g/mol. The van der Waals surface area contributed by atoms with Crippen LogP contribution in [-0.2, 0) is 14.3 Å². The van der Waals surface area contributed by atoms with E-state index in [9.17, 15) is 14.7 Å². The number of unbranched alkanes of at least 4 members (excludes halogenated alkanes) is 1. The Labute approximate surface area is 108 Å². The summed E-state index contributed by atoms with van der Waals surface area (Å²) in [5.41, 5.74) is -1.02. The lowest BCUT2D eigenvalue weighted by molar-refractivity contribution is -0.149. The summed E-state index contributed by atoms with van der Waals surface area (Å²) in [7, 11) is 1.63. The van der Waals surface area contributed by atoms with E-state index in [1.165, 1.54) is 0 Å². The lowest BCUT2D eigenvalue weighted by Crippen LogP contribution is -2.55. The third kappa shape index (κ3) is 4.29. The van der Waals surface area contributed by atoms with E-state index < -0.39 is 11.5 Å². The van der Waals surface area contributed by atoms with Gasteiger partial charge in [-0.05, 0) is 25.7 Å². The quantitative estimate of drug-likeness (QED) is 0.681. The van der Waals surface area contributed by atoms with Crippen LogP contribution in [0, 0.1) is 0 Å². The number of rotatable bonds is 7. The van der Waals surface area contributed by atoms with Gasteiger partial charge in [0.25, 0.3) is 0 Å². The molecule has 0 bridgehead atoms. The Morgan fingerprint density at radius 1 is 1.22 bits per heavy atom. The number of carbonyl (C=O) groups is 2. The van der Waals surface area contributed by atoms with Crippen LogP contribution in [0.4, 0.5) is 0 Å². The highest BCUT2D eigenvalue weighted by Gasteiger charge is 2.40. The second-order valence-electron chi connectivity index (χ2n) is 4.95. The second-order valence-corrected chi connectivity index (χ2v) is 4.95. The first-order chi connectivity index (χ1) is 8.60. The predicted octanol–water partition coefficient (Wildman–Crippen LogP) is 1.71. The van der Waals surface area contributed by atoms with Crippen molar-refractivity contribution in [3.8, 4) is 0 Å². The predicted molar refractivity (Wildman–Crippen MR) is 67.3 cm³/mol. The second kappa shape index (κ2) is 7.36. The number of nitrogens with one attached hydrogen (secondary N) is 1. The highest BCUT2D eigenvalue weighted by molar-refractivity contribution is 5.87. The Kier molecular flexibility index (Phi) is 6.12. The van der Waals surface area contributed by atoms with Crippen LogP contribution in [0.1, 0.15) is 51.4 Å². The molecule has 0 spiro atoms. The molecule has 0 aromatic carbocycles. The molecule has 0 heterocycles. The van der Waals surface area contributed by atoms with Crippen LogP contribution in [0.15, 0.2) is 0 Å². The van der Waals surface area contributed by atoms with E-state index in [2.05, 4.69) is 5.32 Å². The minimum atomic E-state index is -1.02. The SMILES string of the molecule is COCCCCC(=O)NC1(C(=O)O)CCCCC1. The van der Waals surface area contributed by atoms with Gasteiger partial charge in [-0.3, -0.25) is 4.79 Å². The molecule has 18 heavy (non-hydrogen) atoms. The molecule has 2 N–H and O–H groups in total. The van der Waals surface area contributed by atoms with Gasteiger partial charge in [-0.15, -0.1) is 0 Å². The molecule has 1 aliphatic carbocycles. The summed E-state index contributed by atoms with van der Waals surface area (Å²) in [6.07, 6.45) is 5.82. The highest BCUT2D eigenvalue weighted by atomic mass is 16.5. The van der Waals surface area contributed by atoms with E-state index in [0.717, 1.165) is 32.1 Å². The van der Waals surface area contributed by atoms with Crippen molar-refractivity contribution in [1.82, 2.24) is 5.32 Å². The first-order valence-corrected chi connectivity index (χ1v) is 6.64. The number of methoxy groups -OCH3 is 1. The molecule has 0 aromatic heterocycles. The van der Waals surface area contributed by atoms with Crippen LogP contribution in [0.5, 0.6) is 0 Å². The third-order valence-electron chi connectivity index (χ3n) is 3.50. The molecule has 0 radical (unpaired) electrons. The van der Waals surface area contributed by atoms with Gasteiger partial charge in [-0.1, -0.05) is 19.3 Å². The Morgan fingerprint density at radius 2 is 1.89 bits per heavy atom. The van der Waals surface area contributed by atoms with Crippen LogP contribution in [0.25, 0.3) is 0 Å². The Morgan fingerprint density at radius 3 is 2.44 bits per heavy atom. The van der Waals surface area contributed by atoms with E-state index in [-0.39, 0.29) is 5.91 Å². The Balaban J connectivity index is 2.41. The summed E-state index contributed by atoms with van der Waals surface area (Å²) >= 11 is 0. The van der Waals surface area contributed by atoms with Crippen molar-refractivity contribution in [3.63, 3.8) is 0 Å². The van der Waals surface area contributed by atoms with Gasteiger partial charge >= 0.3 is 5.97 Å². The summed E-state index contributed by atoms with van der Waals surface area (Å²) < 4.78 is 4.91. The van der Waals surface area contributed by atoms with Crippen LogP contribution in [-0.4, -0.2) is 36.2 Å². The lowest BCUT2D eigenvalue weighted by atomic mass is 9.81. The summed E-state index contributed by atoms with van der Waals surface area (Å²) in [4.78, 5) is 23.1. The van der Waals surface area contributed by atoms with Gasteiger partial charge in [-0.25, -0.2) is 4.79 Å². The van der Waals surface area contributed by atoms with Gasteiger partial charge in [0.15, 0.2) is 0 Å². The smallest absolute Gasteiger partial charge is 0.329 e. The lowest BCUT2D eigenvalue weighted by Gasteiger charge is -2.34. The zero-order valence-corrected chi connectivity index (χ0v) is 11.0. The molecule has 1 saturated carbocycles. The van der Waals surface area contributed by atoms with Gasteiger partial charge in [0.1, 0.15) is 5.54 Å². The van der Waals surface area contributed by atoms with E-state index in [4.69, 9.17) is 4.74 Å². The largest absolute Gasteiger partial charge is 0.480 e. The molecule has 0 atom stereocenters. The van der Waals surface area contributed by atoms with Gasteiger partial charge in [0.05, 0.1) is 0 Å². The van der Waals surface area contributed by atoms with Crippen LogP contribution >= 0.6 is 0 Å². The van der Waals surface area contributed by atoms with Crippen molar-refractivity contribution in [2.75, 3.05) is 13.7 Å². The Bertz CT molecular complexity index is 285. The highest BCUT2D eigenvalue weighted by Crippen LogP contribution is 2.28. The minimum Gasteiger partial charge on any atom is -0.480 e. The molecular weight excluding hydrogens is 234 g/mol. The fourth-order valence-corrected chi connectivity index (χ4v) is 2.41. The average Bonchev–Trinajstić information content (AvgIpc) is 2.35. The zero-order chi connectivity index (χ0) is 13.4. The minimum absolute atomic E-state index is 0.157. The molecule has 0 aromatic rings. The summed E-state index contributed by atoms with van der Waals surface area (Å²) in [5, 5.41) is 12.0. The number of carboxylic acid groups (broad SMARTS) is 1. The van der Waals surface area contributed by atoms with Crippen molar-refractivity contribution < 1.29 is 19.4 Å². The first kappa shape index (κ1) is 15.0. The van der Waals surface area contributed by atoms with E-state index in [1.54, 1.807) is 7.11 Å². The monoisotopic (exact) mass is 257 g/mol. The van der Waals surface area contributed by atoms with Crippen molar-refractivity contribution in [2.24, 2.45) is 0 Å². The molecule has 1 fully saturated rings. The van der Waals surface area contributed by atoms with Gasteiger partial charge in [0, 0.05) is 20.1 Å². The van der Waals surface area contributed by atoms with Gasteiger partial charge in [-0.2, -0.15) is 0 Å². The topological polar surface area (TPSA) is 75.6 Å². The van der Waals surface area contributed by atoms with Crippen molar-refractivity contribution in [2.45, 2.75) is 56.9 Å². The maximum atomic E-state index is 11.8. The molecular formula is C13H23NO4. The summed E-state index contributed by atoms with van der Waals surface area (Å²) in [5.74, 6) is -1.05. The molecule has 5 nitrogen and oxygen atoms in total. The Hall–Kier alpha value is -1.10. The van der Waals surface area contributed by atoms with E-state index >= 15 is 0 Å². The number of aliphatic carboxylic acids is 1. The zero-order valence-electron chi connectivity index (χ0n) is 11.0. The fourth-order valence-electron chi connectivity index (χ4n) is 2.41. The number of amides is 1. The molecule has 0 saturated heterocycles. The molecule has 5 heteroatoms. The number of hydrogen-bond acceptors (Lipinski definition) is 3. The maximum absolute atomic E-state index is 11.8. The van der Waals surface area contributed by atoms with E-state index in [1.807, 2.05) is 0 Å². The number of ether oxygens (including phenoxy) is 1. The number of hydrogen-bond donors (Lipinski definition) is 2. The summed E-state index contributed by atoms with van der Waals surface area (Å²) in [6.45, 7) is 0.636. The number of carbonyl (C=O) groups excluding carboxylic acids is 1. The summed E-state index contributed by atoms with van der Waals surface area (Å²) in [6, 6.07) is 0. The molecule has 0 unspecified atom stereocenters. The normalized spacial score (nSPS) is 18.3. The third-order valence-corrected chi connectivity index (χ3v) is 3.50.